The van der Waals surface area contributed by atoms with Gasteiger partial charge >= 0.3 is 6.18 Å². The molecule has 2 amide bonds. The minimum Gasteiger partial charge on any atom is -0.479 e. The van der Waals surface area contributed by atoms with Crippen molar-refractivity contribution >= 4 is 17.5 Å². The van der Waals surface area contributed by atoms with E-state index < -0.39 is 18.0 Å². The Morgan fingerprint density at radius 3 is 2.55 bits per heavy atom. The van der Waals surface area contributed by atoms with Gasteiger partial charge in [-0.3, -0.25) is 9.59 Å². The number of carbonyl (C=O) groups excluding carboxylic acids is 2. The van der Waals surface area contributed by atoms with Crippen LogP contribution >= 0.6 is 0 Å². The lowest BCUT2D eigenvalue weighted by molar-refractivity contribution is -0.141. The van der Waals surface area contributed by atoms with Gasteiger partial charge in [0, 0.05) is 25.7 Å². The minimum atomic E-state index is -4.50. The lowest BCUT2D eigenvalue weighted by Crippen LogP contribution is -2.45. The quantitative estimate of drug-likeness (QED) is 0.611. The predicted molar refractivity (Wildman–Crippen MR) is 114 cm³/mol. The van der Waals surface area contributed by atoms with E-state index in [4.69, 9.17) is 4.74 Å². The summed E-state index contributed by atoms with van der Waals surface area (Å²) >= 11 is 0. The third-order valence-corrected chi connectivity index (χ3v) is 5.21. The molecule has 0 saturated heterocycles. The molecule has 0 radical (unpaired) electrons. The molecule has 172 valence electrons. The molecular formula is C23H21F3N4O3. The predicted octanol–water partition coefficient (Wildman–Crippen LogP) is 3.71. The molecule has 0 saturated carbocycles. The number of anilines is 1. The van der Waals surface area contributed by atoms with Gasteiger partial charge in [-0.2, -0.15) is 18.3 Å². The number of rotatable bonds is 6. The second-order valence-electron chi connectivity index (χ2n) is 7.55. The van der Waals surface area contributed by atoms with Crippen molar-refractivity contribution < 1.29 is 27.5 Å². The lowest BCUT2D eigenvalue weighted by atomic mass is 10.1. The van der Waals surface area contributed by atoms with Crippen molar-refractivity contribution in [3.63, 3.8) is 0 Å². The molecule has 3 aromatic rings. The van der Waals surface area contributed by atoms with Gasteiger partial charge in [-0.15, -0.1) is 0 Å². The van der Waals surface area contributed by atoms with E-state index >= 15 is 0 Å². The molecule has 0 aliphatic carbocycles. The number of aromatic nitrogens is 2. The van der Waals surface area contributed by atoms with Crippen LogP contribution in [0.25, 0.3) is 5.69 Å². The highest BCUT2D eigenvalue weighted by Crippen LogP contribution is 2.33. The van der Waals surface area contributed by atoms with E-state index in [-0.39, 0.29) is 31.3 Å². The summed E-state index contributed by atoms with van der Waals surface area (Å²) in [4.78, 5) is 26.4. The van der Waals surface area contributed by atoms with Crippen molar-refractivity contribution in [1.29, 1.82) is 0 Å². The summed E-state index contributed by atoms with van der Waals surface area (Å²) in [7, 11) is 0. The Balaban J connectivity index is 1.31. The maximum absolute atomic E-state index is 12.7. The molecular weight excluding hydrogens is 437 g/mol. The van der Waals surface area contributed by atoms with Crippen LogP contribution in [0.4, 0.5) is 18.9 Å². The summed E-state index contributed by atoms with van der Waals surface area (Å²) in [6.45, 7) is 2.13. The van der Waals surface area contributed by atoms with E-state index in [9.17, 15) is 22.8 Å². The minimum absolute atomic E-state index is 0.110. The van der Waals surface area contributed by atoms with Gasteiger partial charge in [0.05, 0.1) is 11.4 Å². The zero-order valence-corrected chi connectivity index (χ0v) is 17.7. The number of ether oxygens (including phenoxy) is 1. The number of carbonyl (C=O) groups is 2. The van der Waals surface area contributed by atoms with Gasteiger partial charge in [0.2, 0.25) is 5.91 Å². The lowest BCUT2D eigenvalue weighted by Gasteiger charge is -2.32. The van der Waals surface area contributed by atoms with Crippen LogP contribution < -0.4 is 15.0 Å². The fourth-order valence-electron chi connectivity index (χ4n) is 3.48. The molecule has 0 spiro atoms. The molecule has 1 aliphatic rings. The van der Waals surface area contributed by atoms with Gasteiger partial charge in [-0.05, 0) is 42.8 Å². The van der Waals surface area contributed by atoms with Crippen LogP contribution in [0.3, 0.4) is 0 Å². The standard InChI is InChI=1S/C23H21F3N4O3/c1-15-22(32)29(18-4-2-3-5-19(18)33-15)12-11-21(31)27-14-16-6-8-17(9-7-16)30-13-10-20(28-30)23(24,25)26/h2-10,13,15H,11-12,14H2,1H3,(H,27,31). The molecule has 1 unspecified atom stereocenters. The zero-order chi connectivity index (χ0) is 23.6. The highest BCUT2D eigenvalue weighted by atomic mass is 19.4. The summed E-state index contributed by atoms with van der Waals surface area (Å²) in [5.41, 5.74) is 0.918. The van der Waals surface area contributed by atoms with Crippen molar-refractivity contribution in [1.82, 2.24) is 15.1 Å². The van der Waals surface area contributed by atoms with Crippen LogP contribution in [0, 0.1) is 0 Å². The van der Waals surface area contributed by atoms with Crippen molar-refractivity contribution in [2.75, 3.05) is 11.4 Å². The maximum atomic E-state index is 12.7. The molecule has 1 atom stereocenters. The fraction of sp³-hybridized carbons (Fsp3) is 0.261. The third-order valence-electron chi connectivity index (χ3n) is 5.21. The Labute approximate surface area is 187 Å². The van der Waals surface area contributed by atoms with Gasteiger partial charge < -0.3 is 15.0 Å². The Morgan fingerprint density at radius 1 is 1.12 bits per heavy atom. The summed E-state index contributed by atoms with van der Waals surface area (Å²) in [6.07, 6.45) is -3.77. The number of nitrogens with one attached hydrogen (secondary N) is 1. The van der Waals surface area contributed by atoms with Gasteiger partial charge in [0.15, 0.2) is 11.8 Å². The number of halogens is 3. The summed E-state index contributed by atoms with van der Waals surface area (Å²) in [5, 5.41) is 6.33. The summed E-state index contributed by atoms with van der Waals surface area (Å²) in [6, 6.07) is 14.7. The number of hydrogen-bond acceptors (Lipinski definition) is 4. The fourth-order valence-corrected chi connectivity index (χ4v) is 3.48. The number of benzene rings is 2. The average Bonchev–Trinajstić information content (AvgIpc) is 3.29. The van der Waals surface area contributed by atoms with Crippen LogP contribution in [0.15, 0.2) is 60.8 Å². The second kappa shape index (κ2) is 8.97. The van der Waals surface area contributed by atoms with Gasteiger partial charge in [0.25, 0.3) is 5.91 Å². The highest BCUT2D eigenvalue weighted by molar-refractivity contribution is 6.00. The first-order valence-electron chi connectivity index (χ1n) is 10.3. The SMILES string of the molecule is CC1Oc2ccccc2N(CCC(=O)NCc2ccc(-n3ccc(C(F)(F)F)n3)cc2)C1=O. The maximum Gasteiger partial charge on any atom is 0.435 e. The van der Waals surface area contributed by atoms with E-state index in [1.54, 1.807) is 54.3 Å². The summed E-state index contributed by atoms with van der Waals surface area (Å²) < 4.78 is 44.9. The van der Waals surface area contributed by atoms with Crippen LogP contribution in [0.2, 0.25) is 0 Å². The molecule has 1 N–H and O–H groups in total. The van der Waals surface area contributed by atoms with Gasteiger partial charge in [0.1, 0.15) is 5.75 Å². The number of amides is 2. The molecule has 1 aliphatic heterocycles. The molecule has 0 fully saturated rings. The van der Waals surface area contributed by atoms with E-state index in [2.05, 4.69) is 10.4 Å². The van der Waals surface area contributed by atoms with Crippen LogP contribution in [-0.2, 0) is 22.3 Å². The van der Waals surface area contributed by atoms with Crippen molar-refractivity contribution in [3.8, 4) is 11.4 Å². The van der Waals surface area contributed by atoms with Gasteiger partial charge in [-0.1, -0.05) is 24.3 Å². The van der Waals surface area contributed by atoms with E-state index in [0.29, 0.717) is 17.1 Å². The van der Waals surface area contributed by atoms with Gasteiger partial charge in [-0.25, -0.2) is 4.68 Å². The second-order valence-corrected chi connectivity index (χ2v) is 7.55. The van der Waals surface area contributed by atoms with Crippen molar-refractivity contribution in [3.05, 3.63) is 72.1 Å². The largest absolute Gasteiger partial charge is 0.479 e. The molecule has 2 heterocycles. The Hall–Kier alpha value is -3.82. The number of nitrogens with zero attached hydrogens (tertiary/aromatic N) is 3. The molecule has 33 heavy (non-hydrogen) atoms. The first kappa shape index (κ1) is 22.4. The Kier molecular flexibility index (Phi) is 6.08. The van der Waals surface area contributed by atoms with E-state index in [1.165, 1.54) is 6.20 Å². The molecule has 7 nitrogen and oxygen atoms in total. The van der Waals surface area contributed by atoms with Crippen LogP contribution in [-0.4, -0.2) is 34.2 Å². The normalized spacial score (nSPS) is 15.7. The number of alkyl halides is 3. The number of fused-ring (bicyclic) bond motifs is 1. The highest BCUT2D eigenvalue weighted by Gasteiger charge is 2.33. The number of hydrogen-bond donors (Lipinski definition) is 1. The topological polar surface area (TPSA) is 76.5 Å². The van der Waals surface area contributed by atoms with Crippen LogP contribution in [0.1, 0.15) is 24.6 Å². The van der Waals surface area contributed by atoms with E-state index in [0.717, 1.165) is 16.3 Å². The first-order chi connectivity index (χ1) is 15.7. The molecule has 2 aromatic carbocycles. The Bertz CT molecular complexity index is 1160. The van der Waals surface area contributed by atoms with Crippen molar-refractivity contribution in [2.24, 2.45) is 0 Å². The molecule has 10 heteroatoms. The third kappa shape index (κ3) is 5.00. The van der Waals surface area contributed by atoms with Crippen LogP contribution in [0.5, 0.6) is 5.75 Å². The molecule has 1 aromatic heterocycles. The number of para-hydroxylation sites is 2. The Morgan fingerprint density at radius 2 is 1.85 bits per heavy atom. The average molecular weight is 458 g/mol. The monoisotopic (exact) mass is 458 g/mol. The molecule has 0 bridgehead atoms. The first-order valence-corrected chi connectivity index (χ1v) is 10.3. The van der Waals surface area contributed by atoms with Crippen molar-refractivity contribution in [2.45, 2.75) is 32.2 Å². The summed E-state index contributed by atoms with van der Waals surface area (Å²) in [5.74, 6) is 0.166. The molecule has 4 rings (SSSR count). The smallest absolute Gasteiger partial charge is 0.435 e. The van der Waals surface area contributed by atoms with E-state index in [1.807, 2.05) is 6.07 Å². The zero-order valence-electron chi connectivity index (χ0n) is 17.7.